The van der Waals surface area contributed by atoms with Gasteiger partial charge in [-0.25, -0.2) is 4.85 Å². The van der Waals surface area contributed by atoms with Gasteiger partial charge in [0.25, 0.3) is 5.56 Å². The molecule has 0 N–H and O–H groups in total. The molecule has 21 heavy (non-hydrogen) atoms. The van der Waals surface area contributed by atoms with Gasteiger partial charge in [-0.2, -0.15) is 0 Å². The van der Waals surface area contributed by atoms with Crippen molar-refractivity contribution >= 4 is 5.82 Å². The largest absolute Gasteiger partial charge is 0.353 e. The van der Waals surface area contributed by atoms with Gasteiger partial charge in [0.2, 0.25) is 0 Å². The number of hydrogen-bond acceptors (Lipinski definition) is 2. The molecule has 4 nitrogen and oxygen atoms in total. The lowest BCUT2D eigenvalue weighted by Gasteiger charge is -2.25. The van der Waals surface area contributed by atoms with Gasteiger partial charge in [-0.05, 0) is 13.0 Å². The summed E-state index contributed by atoms with van der Waals surface area (Å²) in [7, 11) is 3.81. The van der Waals surface area contributed by atoms with Gasteiger partial charge in [0.15, 0.2) is 5.70 Å². The molecule has 2 aliphatic rings. The third-order valence-corrected chi connectivity index (χ3v) is 4.04. The van der Waals surface area contributed by atoms with Gasteiger partial charge < -0.3 is 4.90 Å². The molecule has 0 spiro atoms. The van der Waals surface area contributed by atoms with Gasteiger partial charge in [0.1, 0.15) is 5.82 Å². The zero-order chi connectivity index (χ0) is 15.7. The van der Waals surface area contributed by atoms with E-state index >= 15 is 0 Å². The van der Waals surface area contributed by atoms with Crippen molar-refractivity contribution in [3.05, 3.63) is 62.9 Å². The van der Waals surface area contributed by atoms with Gasteiger partial charge in [0, 0.05) is 31.1 Å². The monoisotopic (exact) mass is 283 g/mol. The number of anilines is 1. The molecular weight excluding hydrogens is 262 g/mol. The second-order valence-corrected chi connectivity index (χ2v) is 5.16. The fraction of sp³-hybridized carbons (Fsp3) is 0.412. The summed E-state index contributed by atoms with van der Waals surface area (Å²) in [5.41, 5.74) is 2.61. The van der Waals surface area contributed by atoms with Gasteiger partial charge >= 0.3 is 0 Å². The van der Waals surface area contributed by atoms with E-state index in [2.05, 4.69) is 15.8 Å². The van der Waals surface area contributed by atoms with Crippen LogP contribution in [-0.2, 0) is 7.05 Å². The Morgan fingerprint density at radius 3 is 2.57 bits per heavy atom. The molecule has 1 aliphatic carbocycles. The predicted octanol–water partition coefficient (Wildman–Crippen LogP) is 2.99. The van der Waals surface area contributed by atoms with Gasteiger partial charge in [-0.15, -0.1) is 0 Å². The van der Waals surface area contributed by atoms with E-state index in [-0.39, 0.29) is 17.5 Å². The van der Waals surface area contributed by atoms with Crippen LogP contribution in [-0.4, -0.2) is 17.7 Å². The number of aryl methyl sites for hydroxylation is 1. The molecule has 2 unspecified atom stereocenters. The topological polar surface area (TPSA) is 29.6 Å². The van der Waals surface area contributed by atoms with Crippen LogP contribution in [0.15, 0.2) is 34.8 Å². The first-order valence-corrected chi connectivity index (χ1v) is 7.25. The summed E-state index contributed by atoms with van der Waals surface area (Å²) in [5, 5.41) is 0. The van der Waals surface area contributed by atoms with Crippen molar-refractivity contribution in [3.63, 3.8) is 0 Å². The maximum absolute atomic E-state index is 12.1. The van der Waals surface area contributed by atoms with Crippen molar-refractivity contribution in [1.82, 2.24) is 4.57 Å². The molecule has 0 bridgehead atoms. The van der Waals surface area contributed by atoms with Crippen LogP contribution in [0.5, 0.6) is 0 Å². The van der Waals surface area contributed by atoms with E-state index in [1.807, 2.05) is 53.1 Å². The maximum atomic E-state index is 12.1. The summed E-state index contributed by atoms with van der Waals surface area (Å²) < 4.78 is 1.71. The molecule has 0 aromatic carbocycles. The second-order valence-electron chi connectivity index (χ2n) is 5.16. The van der Waals surface area contributed by atoms with Crippen LogP contribution in [0.4, 0.5) is 5.82 Å². The Bertz CT molecular complexity index is 719. The quantitative estimate of drug-likeness (QED) is 0.685. The van der Waals surface area contributed by atoms with E-state index in [0.29, 0.717) is 5.70 Å². The molecule has 0 amide bonds. The first kappa shape index (κ1) is 15.1. The van der Waals surface area contributed by atoms with Crippen molar-refractivity contribution in [2.24, 2.45) is 7.05 Å². The smallest absolute Gasteiger partial charge is 0.254 e. The van der Waals surface area contributed by atoms with Crippen molar-refractivity contribution in [2.75, 3.05) is 11.9 Å². The third-order valence-electron chi connectivity index (χ3n) is 4.04. The molecule has 4 heteroatoms. The zero-order valence-corrected chi connectivity index (χ0v) is 13.2. The van der Waals surface area contributed by atoms with Crippen LogP contribution in [0.1, 0.15) is 30.9 Å². The Morgan fingerprint density at radius 1 is 1.29 bits per heavy atom. The van der Waals surface area contributed by atoms with Crippen LogP contribution in [0.3, 0.4) is 0 Å². The van der Waals surface area contributed by atoms with E-state index in [0.717, 1.165) is 16.9 Å². The lowest BCUT2D eigenvalue weighted by Crippen LogP contribution is -2.32. The summed E-state index contributed by atoms with van der Waals surface area (Å²) in [6.45, 7) is 13.0. The molecule has 110 valence electrons. The lowest BCUT2D eigenvalue weighted by molar-refractivity contribution is 0.709. The Labute approximate surface area is 125 Å². The maximum Gasteiger partial charge on any atom is 0.254 e. The van der Waals surface area contributed by atoms with E-state index in [1.165, 1.54) is 0 Å². The van der Waals surface area contributed by atoms with Crippen LogP contribution in [0.2, 0.25) is 0 Å². The number of pyridine rings is 1. The molecule has 3 rings (SSSR count). The lowest BCUT2D eigenvalue weighted by atomic mass is 9.90. The molecule has 0 saturated heterocycles. The standard InChI is InChI=1S/C15H15N3O.C2H6/c1-9-7-12-11-8-10(16-2)5-6-13(11)17(3)14(12)18(4)15(9)19;1-2/h5-8,11,13H,1,3-4H3;1-2H3. The van der Waals surface area contributed by atoms with Crippen LogP contribution in [0.25, 0.3) is 4.85 Å². The van der Waals surface area contributed by atoms with E-state index in [9.17, 15) is 4.79 Å². The highest BCUT2D eigenvalue weighted by Gasteiger charge is 2.37. The van der Waals surface area contributed by atoms with Crippen molar-refractivity contribution in [2.45, 2.75) is 32.7 Å². The first-order valence-electron chi connectivity index (χ1n) is 7.25. The Kier molecular flexibility index (Phi) is 4.04. The summed E-state index contributed by atoms with van der Waals surface area (Å²) >= 11 is 0. The fourth-order valence-electron chi connectivity index (χ4n) is 3.11. The first-order chi connectivity index (χ1) is 10.0. The third kappa shape index (κ3) is 2.19. The summed E-state index contributed by atoms with van der Waals surface area (Å²) in [4.78, 5) is 17.7. The average molecular weight is 283 g/mol. The zero-order valence-electron chi connectivity index (χ0n) is 13.2. The minimum absolute atomic E-state index is 0.0441. The average Bonchev–Trinajstić information content (AvgIpc) is 2.79. The van der Waals surface area contributed by atoms with E-state index < -0.39 is 0 Å². The minimum Gasteiger partial charge on any atom is -0.353 e. The Hall–Kier alpha value is -2.28. The number of likely N-dealkylation sites (N-methyl/N-ethyl adjacent to an activating group) is 1. The SMILES string of the molecule is CC.[C-]#[N+]C1=CC2c3cc(C)c(=O)n(C)c3N(C)C2C=C1. The normalized spacial score (nSPS) is 21.7. The highest BCUT2D eigenvalue weighted by Crippen LogP contribution is 2.43. The summed E-state index contributed by atoms with van der Waals surface area (Å²) in [6.07, 6.45) is 5.92. The van der Waals surface area contributed by atoms with Crippen LogP contribution >= 0.6 is 0 Å². The number of hydrogen-bond donors (Lipinski definition) is 0. The number of nitrogens with zero attached hydrogens (tertiary/aromatic N) is 3. The number of rotatable bonds is 0. The van der Waals surface area contributed by atoms with Crippen molar-refractivity contribution in [3.8, 4) is 0 Å². The van der Waals surface area contributed by atoms with E-state index in [1.54, 1.807) is 4.57 Å². The summed E-state index contributed by atoms with van der Waals surface area (Å²) in [5.74, 6) is 1.12. The fourth-order valence-corrected chi connectivity index (χ4v) is 3.11. The predicted molar refractivity (Wildman–Crippen MR) is 86.5 cm³/mol. The molecule has 2 atom stereocenters. The van der Waals surface area contributed by atoms with Crippen molar-refractivity contribution < 1.29 is 0 Å². The highest BCUT2D eigenvalue weighted by molar-refractivity contribution is 5.63. The number of fused-ring (bicyclic) bond motifs is 3. The molecule has 0 fully saturated rings. The Morgan fingerprint density at radius 2 is 1.95 bits per heavy atom. The molecule has 0 saturated carbocycles. The van der Waals surface area contributed by atoms with Gasteiger partial charge in [-0.1, -0.05) is 32.1 Å². The Balaban J connectivity index is 0.000000774. The minimum atomic E-state index is 0.0441. The molecular formula is C17H21N3O. The van der Waals surface area contributed by atoms with Gasteiger partial charge in [-0.3, -0.25) is 9.36 Å². The molecule has 0 radical (unpaired) electrons. The number of aromatic nitrogens is 1. The second kappa shape index (κ2) is 5.61. The molecule has 1 aliphatic heterocycles. The highest BCUT2D eigenvalue weighted by atomic mass is 16.1. The molecule has 2 heterocycles. The van der Waals surface area contributed by atoms with E-state index in [4.69, 9.17) is 6.57 Å². The van der Waals surface area contributed by atoms with Crippen LogP contribution in [0, 0.1) is 13.5 Å². The summed E-state index contributed by atoms with van der Waals surface area (Å²) in [6, 6.07) is 2.17. The molecule has 1 aromatic rings. The van der Waals surface area contributed by atoms with Gasteiger partial charge in [0.05, 0.1) is 12.6 Å². The number of allylic oxidation sites excluding steroid dienone is 1. The molecule has 1 aromatic heterocycles. The van der Waals surface area contributed by atoms with Crippen LogP contribution < -0.4 is 10.5 Å². The van der Waals surface area contributed by atoms with Crippen molar-refractivity contribution in [1.29, 1.82) is 0 Å².